The first-order chi connectivity index (χ1) is 10.2. The summed E-state index contributed by atoms with van der Waals surface area (Å²) in [7, 11) is 0. The fourth-order valence-corrected chi connectivity index (χ4v) is 1.98. The zero-order valence-corrected chi connectivity index (χ0v) is 11.6. The summed E-state index contributed by atoms with van der Waals surface area (Å²) in [6.45, 7) is 1.77. The Morgan fingerprint density at radius 1 is 1.32 bits per heavy atom. The molecule has 0 radical (unpaired) electrons. The number of hydrogen-bond donors (Lipinski definition) is 1. The average molecular weight is 314 g/mol. The van der Waals surface area contributed by atoms with Crippen LogP contribution in [0.1, 0.15) is 12.5 Å². The highest BCUT2D eigenvalue weighted by Gasteiger charge is 2.42. The van der Waals surface area contributed by atoms with Gasteiger partial charge in [0.15, 0.2) is 0 Å². The molecule has 22 heavy (non-hydrogen) atoms. The van der Waals surface area contributed by atoms with E-state index in [4.69, 9.17) is 5.73 Å². The molecule has 0 saturated heterocycles. The molecule has 1 aromatic carbocycles. The number of rotatable bonds is 3. The van der Waals surface area contributed by atoms with Gasteiger partial charge in [-0.05, 0) is 31.0 Å². The smallest absolute Gasteiger partial charge is 0.328 e. The highest BCUT2D eigenvalue weighted by atomic mass is 19.4. The molecule has 0 fully saturated rings. The van der Waals surface area contributed by atoms with Gasteiger partial charge in [0.1, 0.15) is 0 Å². The Hall–Kier alpha value is -2.35. The van der Waals surface area contributed by atoms with E-state index in [1.165, 1.54) is 12.1 Å². The minimum atomic E-state index is -5.19. The van der Waals surface area contributed by atoms with Crippen LogP contribution < -0.4 is 16.1 Å². The average Bonchev–Trinajstić information content (AvgIpc) is 2.40. The Balaban J connectivity index is 2.53. The maximum Gasteiger partial charge on any atom is 0.493 e. The second-order valence-corrected chi connectivity index (χ2v) is 4.92. The lowest BCUT2D eigenvalue weighted by atomic mass is 10.1. The minimum absolute atomic E-state index is 0.0725. The van der Waals surface area contributed by atoms with Crippen LogP contribution in [0.2, 0.25) is 0 Å². The van der Waals surface area contributed by atoms with Crippen LogP contribution in [0.4, 0.5) is 13.2 Å². The van der Waals surface area contributed by atoms with Gasteiger partial charge in [-0.2, -0.15) is 13.2 Å². The van der Waals surface area contributed by atoms with E-state index in [1.54, 1.807) is 19.1 Å². The van der Waals surface area contributed by atoms with Gasteiger partial charge in [0.25, 0.3) is 5.56 Å². The molecule has 0 amide bonds. The number of nitrogens with zero attached hydrogens (tertiary/aromatic N) is 1. The monoisotopic (exact) mass is 314 g/mol. The van der Waals surface area contributed by atoms with Crippen LogP contribution in [-0.2, 0) is 11.2 Å². The maximum absolute atomic E-state index is 12.3. The lowest BCUT2D eigenvalue weighted by molar-refractivity contribution is -0.199. The third-order valence-electron chi connectivity index (χ3n) is 2.88. The molecule has 0 aliphatic heterocycles. The van der Waals surface area contributed by atoms with Crippen molar-refractivity contribution in [2.45, 2.75) is 25.6 Å². The van der Waals surface area contributed by atoms with E-state index in [-0.39, 0.29) is 11.6 Å². The molecular formula is C14H13F3N2O3. The van der Waals surface area contributed by atoms with Crippen molar-refractivity contribution >= 4 is 16.9 Å². The van der Waals surface area contributed by atoms with E-state index in [0.717, 1.165) is 6.07 Å². The van der Waals surface area contributed by atoms with Crippen LogP contribution in [0.25, 0.3) is 10.9 Å². The summed E-state index contributed by atoms with van der Waals surface area (Å²) in [4.78, 5) is 26.9. The van der Waals surface area contributed by atoms with Gasteiger partial charge in [-0.25, -0.2) is 4.79 Å². The Labute approximate surface area is 123 Å². The fourth-order valence-electron chi connectivity index (χ4n) is 1.98. The summed E-state index contributed by atoms with van der Waals surface area (Å²) in [6, 6.07) is 7.13. The first kappa shape index (κ1) is 16.0. The van der Waals surface area contributed by atoms with Crippen molar-refractivity contribution in [3.8, 4) is 0 Å². The minimum Gasteiger partial charge on any atom is -0.328 e. The van der Waals surface area contributed by atoms with E-state index in [0.29, 0.717) is 22.1 Å². The van der Waals surface area contributed by atoms with Crippen LogP contribution in [0, 0.1) is 0 Å². The van der Waals surface area contributed by atoms with Gasteiger partial charge in [0, 0.05) is 17.5 Å². The summed E-state index contributed by atoms with van der Waals surface area (Å²) in [6.07, 6.45) is -4.72. The van der Waals surface area contributed by atoms with Crippen LogP contribution in [0.5, 0.6) is 0 Å². The molecule has 2 rings (SSSR count). The Morgan fingerprint density at radius 3 is 2.55 bits per heavy atom. The van der Waals surface area contributed by atoms with Gasteiger partial charge < -0.3 is 10.6 Å². The van der Waals surface area contributed by atoms with E-state index in [2.05, 4.69) is 4.84 Å². The predicted octanol–water partition coefficient (Wildman–Crippen LogP) is 1.41. The van der Waals surface area contributed by atoms with Gasteiger partial charge in [0.2, 0.25) is 0 Å². The molecule has 8 heteroatoms. The van der Waals surface area contributed by atoms with Crippen molar-refractivity contribution in [3.63, 3.8) is 0 Å². The number of carbonyl (C=O) groups is 1. The second kappa shape index (κ2) is 5.80. The highest BCUT2D eigenvalue weighted by molar-refractivity contribution is 5.81. The van der Waals surface area contributed by atoms with Gasteiger partial charge in [0.05, 0.1) is 5.52 Å². The van der Waals surface area contributed by atoms with Gasteiger partial charge in [-0.3, -0.25) is 4.79 Å². The molecule has 0 spiro atoms. The molecule has 0 aliphatic rings. The lowest BCUT2D eigenvalue weighted by Crippen LogP contribution is -2.38. The molecule has 2 aromatic rings. The molecule has 0 aliphatic carbocycles. The van der Waals surface area contributed by atoms with Crippen molar-refractivity contribution < 1.29 is 22.8 Å². The molecule has 2 N–H and O–H groups in total. The van der Waals surface area contributed by atoms with Crippen molar-refractivity contribution in [2.75, 3.05) is 0 Å². The van der Waals surface area contributed by atoms with Gasteiger partial charge in [-0.1, -0.05) is 12.1 Å². The first-order valence-electron chi connectivity index (χ1n) is 6.38. The van der Waals surface area contributed by atoms with Crippen LogP contribution in [-0.4, -0.2) is 22.9 Å². The molecule has 0 saturated carbocycles. The van der Waals surface area contributed by atoms with Crippen LogP contribution in [0.15, 0.2) is 35.1 Å². The molecule has 1 aromatic heterocycles. The molecule has 1 unspecified atom stereocenters. The molecule has 1 heterocycles. The zero-order chi connectivity index (χ0) is 16.5. The van der Waals surface area contributed by atoms with E-state index >= 15 is 0 Å². The number of carbonyl (C=O) groups excluding carboxylic acids is 1. The van der Waals surface area contributed by atoms with Gasteiger partial charge in [-0.15, -0.1) is 4.73 Å². The van der Waals surface area contributed by atoms with Crippen molar-refractivity contribution in [2.24, 2.45) is 5.73 Å². The fraction of sp³-hybridized carbons (Fsp3) is 0.286. The van der Waals surface area contributed by atoms with Crippen molar-refractivity contribution in [1.29, 1.82) is 0 Å². The maximum atomic E-state index is 12.3. The number of alkyl halides is 3. The van der Waals surface area contributed by atoms with Gasteiger partial charge >= 0.3 is 12.1 Å². The molecule has 118 valence electrons. The molecule has 1 atom stereocenters. The normalized spacial score (nSPS) is 13.1. The Bertz CT molecular complexity index is 766. The summed E-state index contributed by atoms with van der Waals surface area (Å²) < 4.78 is 37.3. The van der Waals surface area contributed by atoms with Crippen LogP contribution >= 0.6 is 0 Å². The highest BCUT2D eigenvalue weighted by Crippen LogP contribution is 2.18. The van der Waals surface area contributed by atoms with E-state index < -0.39 is 17.7 Å². The number of benzene rings is 1. The SMILES string of the molecule is CC(N)Cc1ccc2ccc(=O)n(OC(=O)C(F)(F)F)c2c1. The van der Waals surface area contributed by atoms with Crippen LogP contribution in [0.3, 0.4) is 0 Å². The number of halogens is 3. The Kier molecular flexibility index (Phi) is 4.23. The standard InChI is InChI=1S/C14H13F3N2O3/c1-8(18)6-9-2-3-10-4-5-12(20)19(11(10)7-9)22-13(21)14(15,16)17/h2-5,7-8H,6,18H2,1H3. The quantitative estimate of drug-likeness (QED) is 0.929. The molecule has 5 nitrogen and oxygen atoms in total. The summed E-state index contributed by atoms with van der Waals surface area (Å²) in [5.41, 5.74) is 5.58. The number of fused-ring (bicyclic) bond motifs is 1. The summed E-state index contributed by atoms with van der Waals surface area (Å²) in [5, 5.41) is 0.461. The third kappa shape index (κ3) is 3.45. The predicted molar refractivity (Wildman–Crippen MR) is 73.2 cm³/mol. The topological polar surface area (TPSA) is 74.3 Å². The third-order valence-corrected chi connectivity index (χ3v) is 2.88. The van der Waals surface area contributed by atoms with Crippen molar-refractivity contribution in [1.82, 2.24) is 4.73 Å². The number of nitrogens with two attached hydrogens (primary N) is 1. The van der Waals surface area contributed by atoms with Crippen molar-refractivity contribution in [3.05, 3.63) is 46.2 Å². The van der Waals surface area contributed by atoms with E-state index in [9.17, 15) is 22.8 Å². The molecular weight excluding hydrogens is 301 g/mol. The second-order valence-electron chi connectivity index (χ2n) is 4.92. The Morgan fingerprint density at radius 2 is 1.95 bits per heavy atom. The largest absolute Gasteiger partial charge is 0.493 e. The molecule has 0 bridgehead atoms. The summed E-state index contributed by atoms with van der Waals surface area (Å²) >= 11 is 0. The number of hydrogen-bond acceptors (Lipinski definition) is 4. The first-order valence-corrected chi connectivity index (χ1v) is 6.38. The number of pyridine rings is 1. The lowest BCUT2D eigenvalue weighted by Gasteiger charge is -2.12. The zero-order valence-electron chi connectivity index (χ0n) is 11.6. The number of aromatic nitrogens is 1. The van der Waals surface area contributed by atoms with E-state index in [1.807, 2.05) is 0 Å². The summed E-state index contributed by atoms with van der Waals surface area (Å²) in [5.74, 6) is -2.46.